The highest BCUT2D eigenvalue weighted by atomic mass is 32.1. The minimum absolute atomic E-state index is 0.133. The van der Waals surface area contributed by atoms with Crippen LogP contribution in [0.2, 0.25) is 0 Å². The highest BCUT2D eigenvalue weighted by Crippen LogP contribution is 2.34. The Morgan fingerprint density at radius 2 is 1.73 bits per heavy atom. The summed E-state index contributed by atoms with van der Waals surface area (Å²) in [6.07, 6.45) is -4.21. The summed E-state index contributed by atoms with van der Waals surface area (Å²) in [6.45, 7) is 1.01. The molecule has 6 nitrogen and oxygen atoms in total. The first-order valence-corrected chi connectivity index (χ1v) is 11.1. The summed E-state index contributed by atoms with van der Waals surface area (Å²) in [6, 6.07) is 11.7. The van der Waals surface area contributed by atoms with Gasteiger partial charge in [-0.3, -0.25) is 10.1 Å². The second-order valence-corrected chi connectivity index (χ2v) is 8.58. The third-order valence-corrected chi connectivity index (χ3v) is 6.58. The van der Waals surface area contributed by atoms with Crippen molar-refractivity contribution in [3.8, 4) is 11.1 Å². The Hall–Kier alpha value is -3.40. The first-order chi connectivity index (χ1) is 15.7. The molecule has 2 heterocycles. The van der Waals surface area contributed by atoms with Crippen LogP contribution in [0.25, 0.3) is 11.1 Å². The second-order valence-electron chi connectivity index (χ2n) is 7.69. The SMILES string of the molecule is O=C(O)Nc1csc(C2CCN(C(=O)c3ccccc3-c3ccc(C(F)(F)F)cc3)CC2)n1. The number of likely N-dealkylation sites (tertiary alicyclic amines) is 1. The number of nitrogens with one attached hydrogen (secondary N) is 1. The largest absolute Gasteiger partial charge is 0.465 e. The van der Waals surface area contributed by atoms with Crippen molar-refractivity contribution in [3.63, 3.8) is 0 Å². The van der Waals surface area contributed by atoms with E-state index in [9.17, 15) is 22.8 Å². The number of anilines is 1. The van der Waals surface area contributed by atoms with E-state index in [2.05, 4.69) is 10.3 Å². The summed E-state index contributed by atoms with van der Waals surface area (Å²) in [5.74, 6) is 0.261. The molecule has 2 N–H and O–H groups in total. The van der Waals surface area contributed by atoms with Gasteiger partial charge in [0.25, 0.3) is 5.91 Å². The number of alkyl halides is 3. The molecule has 2 amide bonds. The van der Waals surface area contributed by atoms with Gasteiger partial charge in [-0.15, -0.1) is 11.3 Å². The maximum Gasteiger partial charge on any atom is 0.416 e. The summed E-state index contributed by atoms with van der Waals surface area (Å²) in [5.41, 5.74) is 0.838. The predicted octanol–water partition coefficient (Wildman–Crippen LogP) is 5.94. The smallest absolute Gasteiger partial charge is 0.416 e. The van der Waals surface area contributed by atoms with E-state index in [0.29, 0.717) is 48.4 Å². The van der Waals surface area contributed by atoms with Crippen LogP contribution in [-0.2, 0) is 6.18 Å². The van der Waals surface area contributed by atoms with Crippen LogP contribution in [0.5, 0.6) is 0 Å². The highest BCUT2D eigenvalue weighted by Gasteiger charge is 2.31. The average molecular weight is 475 g/mol. The number of halogens is 3. The van der Waals surface area contributed by atoms with E-state index in [-0.39, 0.29) is 11.8 Å². The first kappa shape index (κ1) is 22.8. The maximum atomic E-state index is 13.2. The van der Waals surface area contributed by atoms with Crippen LogP contribution in [0.3, 0.4) is 0 Å². The summed E-state index contributed by atoms with van der Waals surface area (Å²) in [5, 5.41) is 13.5. The standard InChI is InChI=1S/C23H20F3N3O3S/c24-23(25,26)16-7-5-14(6-8-16)17-3-1-2-4-18(17)21(30)29-11-9-15(10-12-29)20-27-19(13-33-20)28-22(31)32/h1-8,13,15,28H,9-12H2,(H,31,32). The van der Waals surface area contributed by atoms with Crippen molar-refractivity contribution in [2.45, 2.75) is 24.9 Å². The Morgan fingerprint density at radius 3 is 2.36 bits per heavy atom. The Balaban J connectivity index is 1.46. The molecular formula is C23H20F3N3O3S. The molecule has 0 aliphatic carbocycles. The molecule has 10 heteroatoms. The molecular weight excluding hydrogens is 455 g/mol. The second kappa shape index (κ2) is 9.22. The molecule has 0 bridgehead atoms. The molecule has 0 atom stereocenters. The van der Waals surface area contributed by atoms with Crippen molar-refractivity contribution in [3.05, 3.63) is 70.0 Å². The van der Waals surface area contributed by atoms with Crippen molar-refractivity contribution in [1.82, 2.24) is 9.88 Å². The maximum absolute atomic E-state index is 13.2. The molecule has 4 rings (SSSR count). The molecule has 1 saturated heterocycles. The van der Waals surface area contributed by atoms with Crippen LogP contribution < -0.4 is 5.32 Å². The van der Waals surface area contributed by atoms with E-state index < -0.39 is 17.8 Å². The number of carbonyl (C=O) groups is 2. The Morgan fingerprint density at radius 1 is 1.06 bits per heavy atom. The number of aromatic nitrogens is 1. The number of thiazole rings is 1. The van der Waals surface area contributed by atoms with Crippen molar-refractivity contribution >= 4 is 29.2 Å². The first-order valence-electron chi connectivity index (χ1n) is 10.2. The lowest BCUT2D eigenvalue weighted by Gasteiger charge is -2.31. The predicted molar refractivity (Wildman–Crippen MR) is 119 cm³/mol. The van der Waals surface area contributed by atoms with Crippen LogP contribution >= 0.6 is 11.3 Å². The number of piperidine rings is 1. The fourth-order valence-corrected chi connectivity index (χ4v) is 4.83. The van der Waals surface area contributed by atoms with E-state index in [1.165, 1.54) is 23.5 Å². The molecule has 1 aliphatic rings. The van der Waals surface area contributed by atoms with Gasteiger partial charge in [0, 0.05) is 30.0 Å². The number of rotatable bonds is 4. The van der Waals surface area contributed by atoms with Gasteiger partial charge in [-0.25, -0.2) is 9.78 Å². The van der Waals surface area contributed by atoms with E-state index in [1.54, 1.807) is 34.5 Å². The molecule has 0 radical (unpaired) electrons. The molecule has 0 unspecified atom stereocenters. The van der Waals surface area contributed by atoms with Crippen molar-refractivity contribution < 1.29 is 27.9 Å². The molecule has 1 fully saturated rings. The molecule has 1 aromatic heterocycles. The van der Waals surface area contributed by atoms with Gasteiger partial charge in [-0.05, 0) is 42.2 Å². The van der Waals surface area contributed by atoms with Crippen LogP contribution in [0, 0.1) is 0 Å². The number of carboxylic acid groups (broad SMARTS) is 1. The van der Waals surface area contributed by atoms with Gasteiger partial charge >= 0.3 is 12.3 Å². The van der Waals surface area contributed by atoms with Gasteiger partial charge in [0.05, 0.1) is 10.6 Å². The lowest BCUT2D eigenvalue weighted by Crippen LogP contribution is -2.38. The topological polar surface area (TPSA) is 82.5 Å². The van der Waals surface area contributed by atoms with Gasteiger partial charge in [0.1, 0.15) is 5.82 Å². The molecule has 1 aliphatic heterocycles. The Bertz CT molecular complexity index is 1150. The molecule has 172 valence electrons. The molecule has 3 aromatic rings. The Kier molecular flexibility index (Phi) is 6.37. The number of hydrogen-bond acceptors (Lipinski definition) is 4. The van der Waals surface area contributed by atoms with Crippen LogP contribution in [0.4, 0.5) is 23.8 Å². The van der Waals surface area contributed by atoms with E-state index >= 15 is 0 Å². The average Bonchev–Trinajstić information content (AvgIpc) is 3.26. The lowest BCUT2D eigenvalue weighted by atomic mass is 9.94. The van der Waals surface area contributed by atoms with E-state index in [1.807, 2.05) is 0 Å². The zero-order chi connectivity index (χ0) is 23.6. The van der Waals surface area contributed by atoms with Gasteiger partial charge in [0.15, 0.2) is 0 Å². The summed E-state index contributed by atoms with van der Waals surface area (Å²) < 4.78 is 38.7. The van der Waals surface area contributed by atoms with Crippen LogP contribution in [0.1, 0.15) is 39.7 Å². The summed E-state index contributed by atoms with van der Waals surface area (Å²) in [7, 11) is 0. The lowest BCUT2D eigenvalue weighted by molar-refractivity contribution is -0.137. The Labute approximate surface area is 191 Å². The number of hydrogen-bond donors (Lipinski definition) is 2. The van der Waals surface area contributed by atoms with Crippen molar-refractivity contribution in [1.29, 1.82) is 0 Å². The molecule has 0 saturated carbocycles. The number of carbonyl (C=O) groups excluding carboxylic acids is 1. The molecule has 0 spiro atoms. The monoisotopic (exact) mass is 475 g/mol. The zero-order valence-electron chi connectivity index (χ0n) is 17.3. The fraction of sp³-hybridized carbons (Fsp3) is 0.261. The summed E-state index contributed by atoms with van der Waals surface area (Å²) >= 11 is 1.39. The number of benzene rings is 2. The molecule has 2 aromatic carbocycles. The quantitative estimate of drug-likeness (QED) is 0.489. The van der Waals surface area contributed by atoms with Gasteiger partial charge in [-0.2, -0.15) is 13.2 Å². The minimum Gasteiger partial charge on any atom is -0.465 e. The third-order valence-electron chi connectivity index (χ3n) is 5.57. The van der Waals surface area contributed by atoms with E-state index in [0.717, 1.165) is 17.1 Å². The fourth-order valence-electron chi connectivity index (χ4n) is 3.90. The number of amides is 2. The highest BCUT2D eigenvalue weighted by molar-refractivity contribution is 7.10. The minimum atomic E-state index is -4.42. The van der Waals surface area contributed by atoms with Gasteiger partial charge in [0.2, 0.25) is 0 Å². The van der Waals surface area contributed by atoms with Crippen molar-refractivity contribution in [2.24, 2.45) is 0 Å². The van der Waals surface area contributed by atoms with Gasteiger partial charge < -0.3 is 10.0 Å². The van der Waals surface area contributed by atoms with E-state index in [4.69, 9.17) is 5.11 Å². The van der Waals surface area contributed by atoms with Crippen LogP contribution in [-0.4, -0.2) is 40.1 Å². The summed E-state index contributed by atoms with van der Waals surface area (Å²) in [4.78, 5) is 30.1. The zero-order valence-corrected chi connectivity index (χ0v) is 18.1. The third kappa shape index (κ3) is 5.16. The van der Waals surface area contributed by atoms with Crippen LogP contribution in [0.15, 0.2) is 53.9 Å². The normalized spacial score (nSPS) is 14.8. The van der Waals surface area contributed by atoms with Gasteiger partial charge in [-0.1, -0.05) is 30.3 Å². The van der Waals surface area contributed by atoms with Crippen molar-refractivity contribution in [2.75, 3.05) is 18.4 Å². The molecule has 33 heavy (non-hydrogen) atoms. The number of nitrogens with zero attached hydrogens (tertiary/aromatic N) is 2.